The normalized spacial score (nSPS) is 14.7. The van der Waals surface area contributed by atoms with E-state index in [0.717, 1.165) is 24.9 Å². The van der Waals surface area contributed by atoms with Crippen LogP contribution in [0.3, 0.4) is 0 Å². The number of anilines is 3. The van der Waals surface area contributed by atoms with E-state index in [1.165, 1.54) is 19.8 Å². The Hall–Kier alpha value is -1.85. The molecule has 0 bridgehead atoms. The van der Waals surface area contributed by atoms with Crippen molar-refractivity contribution in [3.05, 3.63) is 6.20 Å². The Morgan fingerprint density at radius 2 is 2.06 bits per heavy atom. The standard InChI is InChI=1S/C12H19N5O/c1-9(18)14-10-8-13-12(15-11(10)16(2)3)17-6-4-5-7-17/h8H,4-7H2,1-3H3,(H,14,18). The number of rotatable bonds is 3. The topological polar surface area (TPSA) is 61.4 Å². The van der Waals surface area contributed by atoms with Gasteiger partial charge in [0.25, 0.3) is 0 Å². The average Bonchev–Trinajstić information content (AvgIpc) is 2.82. The summed E-state index contributed by atoms with van der Waals surface area (Å²) < 4.78 is 0. The maximum atomic E-state index is 11.1. The first-order chi connectivity index (χ1) is 8.58. The van der Waals surface area contributed by atoms with E-state index >= 15 is 0 Å². The molecule has 1 aromatic heterocycles. The highest BCUT2D eigenvalue weighted by molar-refractivity contribution is 5.91. The Labute approximate surface area is 107 Å². The number of amides is 1. The van der Waals surface area contributed by atoms with Gasteiger partial charge in [0.2, 0.25) is 11.9 Å². The molecule has 1 fully saturated rings. The Balaban J connectivity index is 2.30. The van der Waals surface area contributed by atoms with E-state index in [4.69, 9.17) is 0 Å². The van der Waals surface area contributed by atoms with Crippen molar-refractivity contribution in [2.24, 2.45) is 0 Å². The lowest BCUT2D eigenvalue weighted by molar-refractivity contribution is -0.114. The van der Waals surface area contributed by atoms with Crippen LogP contribution >= 0.6 is 0 Å². The fraction of sp³-hybridized carbons (Fsp3) is 0.583. The number of hydrogen-bond donors (Lipinski definition) is 1. The van der Waals surface area contributed by atoms with E-state index in [2.05, 4.69) is 20.2 Å². The summed E-state index contributed by atoms with van der Waals surface area (Å²) in [7, 11) is 3.81. The lowest BCUT2D eigenvalue weighted by atomic mass is 10.4. The van der Waals surface area contributed by atoms with Gasteiger partial charge in [-0.3, -0.25) is 4.79 Å². The molecule has 1 aliphatic heterocycles. The van der Waals surface area contributed by atoms with Crippen LogP contribution < -0.4 is 15.1 Å². The molecule has 1 aromatic rings. The van der Waals surface area contributed by atoms with Gasteiger partial charge in [0, 0.05) is 34.1 Å². The molecule has 0 aliphatic carbocycles. The van der Waals surface area contributed by atoms with Crippen LogP contribution in [0.25, 0.3) is 0 Å². The van der Waals surface area contributed by atoms with Crippen LogP contribution in [0.15, 0.2) is 6.20 Å². The minimum Gasteiger partial charge on any atom is -0.361 e. The van der Waals surface area contributed by atoms with Gasteiger partial charge >= 0.3 is 0 Å². The smallest absolute Gasteiger partial charge is 0.227 e. The molecule has 0 atom stereocenters. The van der Waals surface area contributed by atoms with Gasteiger partial charge in [0.15, 0.2) is 5.82 Å². The number of carbonyl (C=O) groups is 1. The van der Waals surface area contributed by atoms with Crippen molar-refractivity contribution in [1.82, 2.24) is 9.97 Å². The number of nitrogens with zero attached hydrogens (tertiary/aromatic N) is 4. The first-order valence-electron chi connectivity index (χ1n) is 6.15. The van der Waals surface area contributed by atoms with E-state index < -0.39 is 0 Å². The van der Waals surface area contributed by atoms with Crippen molar-refractivity contribution in [2.75, 3.05) is 42.3 Å². The van der Waals surface area contributed by atoms with Crippen LogP contribution in [0, 0.1) is 0 Å². The highest BCUT2D eigenvalue weighted by Crippen LogP contribution is 2.25. The molecule has 0 radical (unpaired) electrons. The molecule has 1 saturated heterocycles. The van der Waals surface area contributed by atoms with Crippen molar-refractivity contribution < 1.29 is 4.79 Å². The summed E-state index contributed by atoms with van der Waals surface area (Å²) in [4.78, 5) is 24.0. The summed E-state index contributed by atoms with van der Waals surface area (Å²) in [6.45, 7) is 3.49. The van der Waals surface area contributed by atoms with E-state index in [-0.39, 0.29) is 5.91 Å². The SMILES string of the molecule is CC(=O)Nc1cnc(N2CCCC2)nc1N(C)C. The average molecular weight is 249 g/mol. The minimum absolute atomic E-state index is 0.115. The van der Waals surface area contributed by atoms with Gasteiger partial charge in [-0.2, -0.15) is 4.98 Å². The van der Waals surface area contributed by atoms with E-state index in [1.54, 1.807) is 6.20 Å². The van der Waals surface area contributed by atoms with Gasteiger partial charge in [-0.15, -0.1) is 0 Å². The van der Waals surface area contributed by atoms with Gasteiger partial charge < -0.3 is 15.1 Å². The number of aromatic nitrogens is 2. The molecule has 2 heterocycles. The largest absolute Gasteiger partial charge is 0.361 e. The lowest BCUT2D eigenvalue weighted by Gasteiger charge is -2.20. The van der Waals surface area contributed by atoms with Gasteiger partial charge in [-0.25, -0.2) is 4.98 Å². The number of nitrogens with one attached hydrogen (secondary N) is 1. The quantitative estimate of drug-likeness (QED) is 0.869. The molecule has 0 saturated carbocycles. The second kappa shape index (κ2) is 5.20. The van der Waals surface area contributed by atoms with E-state index in [9.17, 15) is 4.79 Å². The van der Waals surface area contributed by atoms with Gasteiger partial charge in [-0.1, -0.05) is 0 Å². The molecule has 0 spiro atoms. The molecule has 2 rings (SSSR count). The summed E-state index contributed by atoms with van der Waals surface area (Å²) in [6, 6.07) is 0. The van der Waals surface area contributed by atoms with Crippen LogP contribution in [0.2, 0.25) is 0 Å². The third-order valence-electron chi connectivity index (χ3n) is 2.88. The predicted molar refractivity (Wildman–Crippen MR) is 72.1 cm³/mol. The molecule has 0 unspecified atom stereocenters. The third-order valence-corrected chi connectivity index (χ3v) is 2.88. The Kier molecular flexibility index (Phi) is 3.64. The molecule has 1 N–H and O–H groups in total. The molecular formula is C12H19N5O. The molecule has 6 heteroatoms. The van der Waals surface area contributed by atoms with E-state index in [0.29, 0.717) is 5.69 Å². The minimum atomic E-state index is -0.115. The second-order valence-electron chi connectivity index (χ2n) is 4.68. The van der Waals surface area contributed by atoms with Crippen molar-refractivity contribution in [1.29, 1.82) is 0 Å². The summed E-state index contributed by atoms with van der Waals surface area (Å²) in [5, 5.41) is 2.75. The monoisotopic (exact) mass is 249 g/mol. The van der Waals surface area contributed by atoms with Crippen molar-refractivity contribution >= 4 is 23.4 Å². The molecule has 18 heavy (non-hydrogen) atoms. The number of hydrogen-bond acceptors (Lipinski definition) is 5. The van der Waals surface area contributed by atoms with Crippen molar-refractivity contribution in [3.8, 4) is 0 Å². The van der Waals surface area contributed by atoms with Crippen LogP contribution in [0.4, 0.5) is 17.5 Å². The molecule has 6 nitrogen and oxygen atoms in total. The third kappa shape index (κ3) is 2.69. The highest BCUT2D eigenvalue weighted by Gasteiger charge is 2.17. The lowest BCUT2D eigenvalue weighted by Crippen LogP contribution is -2.23. The molecule has 1 aliphatic rings. The number of carbonyl (C=O) groups excluding carboxylic acids is 1. The maximum Gasteiger partial charge on any atom is 0.227 e. The Bertz CT molecular complexity index is 440. The Morgan fingerprint density at radius 3 is 2.61 bits per heavy atom. The summed E-state index contributed by atoms with van der Waals surface area (Å²) in [6.07, 6.45) is 4.06. The molecule has 98 valence electrons. The van der Waals surface area contributed by atoms with E-state index in [1.807, 2.05) is 19.0 Å². The molecule has 1 amide bonds. The van der Waals surface area contributed by atoms with Gasteiger partial charge in [0.05, 0.1) is 6.20 Å². The van der Waals surface area contributed by atoms with Gasteiger partial charge in [-0.05, 0) is 12.8 Å². The summed E-state index contributed by atoms with van der Waals surface area (Å²) >= 11 is 0. The fourth-order valence-electron chi connectivity index (χ4n) is 2.05. The van der Waals surface area contributed by atoms with Crippen molar-refractivity contribution in [2.45, 2.75) is 19.8 Å². The summed E-state index contributed by atoms with van der Waals surface area (Å²) in [5.41, 5.74) is 0.649. The van der Waals surface area contributed by atoms with Gasteiger partial charge in [0.1, 0.15) is 5.69 Å². The summed E-state index contributed by atoms with van der Waals surface area (Å²) in [5.74, 6) is 1.36. The highest BCUT2D eigenvalue weighted by atomic mass is 16.1. The zero-order chi connectivity index (χ0) is 13.1. The Morgan fingerprint density at radius 1 is 1.39 bits per heavy atom. The van der Waals surface area contributed by atoms with Crippen LogP contribution in [-0.2, 0) is 4.79 Å². The molecular weight excluding hydrogens is 230 g/mol. The predicted octanol–water partition coefficient (Wildman–Crippen LogP) is 1.10. The first kappa shape index (κ1) is 12.6. The fourth-order valence-corrected chi connectivity index (χ4v) is 2.05. The first-order valence-corrected chi connectivity index (χ1v) is 6.15. The van der Waals surface area contributed by atoms with Crippen LogP contribution in [0.5, 0.6) is 0 Å². The maximum absolute atomic E-state index is 11.1. The van der Waals surface area contributed by atoms with Crippen LogP contribution in [0.1, 0.15) is 19.8 Å². The zero-order valence-electron chi connectivity index (χ0n) is 11.1. The second-order valence-corrected chi connectivity index (χ2v) is 4.68. The zero-order valence-corrected chi connectivity index (χ0v) is 11.1. The van der Waals surface area contributed by atoms with Crippen molar-refractivity contribution in [3.63, 3.8) is 0 Å². The van der Waals surface area contributed by atoms with Crippen LogP contribution in [-0.4, -0.2) is 43.1 Å². The molecule has 0 aromatic carbocycles.